The van der Waals surface area contributed by atoms with E-state index < -0.39 is 21.7 Å². The molecule has 0 aromatic carbocycles. The quantitative estimate of drug-likeness (QED) is 0.868. The fourth-order valence-corrected chi connectivity index (χ4v) is 5.12. The standard InChI is InChI=1S/C13H20ClN3O4S2/c1-13(2,3)21-12(18)16-9-4-6-17(7-5-9)23(19,20)10-8-15-11(14)22-10/h8-9H,4-7H2,1-3H3,(H,16,18). The number of sulfonamides is 1. The van der Waals surface area contributed by atoms with Crippen LogP contribution in [0.15, 0.2) is 10.4 Å². The van der Waals surface area contributed by atoms with Crippen molar-refractivity contribution in [1.29, 1.82) is 0 Å². The molecule has 1 N–H and O–H groups in total. The first-order valence-electron chi connectivity index (χ1n) is 7.19. The fourth-order valence-electron chi connectivity index (χ4n) is 2.20. The van der Waals surface area contributed by atoms with Gasteiger partial charge in [0.2, 0.25) is 0 Å². The largest absolute Gasteiger partial charge is 0.444 e. The van der Waals surface area contributed by atoms with E-state index in [9.17, 15) is 13.2 Å². The normalized spacial score (nSPS) is 17.9. The number of halogens is 1. The van der Waals surface area contributed by atoms with E-state index >= 15 is 0 Å². The van der Waals surface area contributed by atoms with Crippen LogP contribution in [0.25, 0.3) is 0 Å². The van der Waals surface area contributed by atoms with Gasteiger partial charge in [-0.15, -0.1) is 0 Å². The number of nitrogens with zero attached hydrogens (tertiary/aromatic N) is 2. The van der Waals surface area contributed by atoms with Crippen molar-refractivity contribution in [3.05, 3.63) is 10.7 Å². The lowest BCUT2D eigenvalue weighted by Gasteiger charge is -2.31. The number of carbonyl (C=O) groups is 1. The molecular weight excluding hydrogens is 362 g/mol. The molecule has 23 heavy (non-hydrogen) atoms. The van der Waals surface area contributed by atoms with Crippen LogP contribution in [-0.2, 0) is 14.8 Å². The Kier molecular flexibility index (Phi) is 5.55. The van der Waals surface area contributed by atoms with Gasteiger partial charge < -0.3 is 10.1 Å². The molecule has 2 rings (SSSR count). The summed E-state index contributed by atoms with van der Waals surface area (Å²) in [6.07, 6.45) is 1.86. The first-order valence-corrected chi connectivity index (χ1v) is 9.82. The van der Waals surface area contributed by atoms with Gasteiger partial charge in [-0.1, -0.05) is 22.9 Å². The van der Waals surface area contributed by atoms with Gasteiger partial charge in [0.05, 0.1) is 6.20 Å². The number of ether oxygens (including phenoxy) is 1. The number of hydrogen-bond donors (Lipinski definition) is 1. The van der Waals surface area contributed by atoms with Gasteiger partial charge in [-0.05, 0) is 33.6 Å². The summed E-state index contributed by atoms with van der Waals surface area (Å²) in [5.74, 6) is 0. The monoisotopic (exact) mass is 381 g/mol. The van der Waals surface area contributed by atoms with Crippen LogP contribution in [0.3, 0.4) is 0 Å². The van der Waals surface area contributed by atoms with Gasteiger partial charge >= 0.3 is 6.09 Å². The summed E-state index contributed by atoms with van der Waals surface area (Å²) in [7, 11) is -3.56. The number of carbonyl (C=O) groups excluding carboxylic acids is 1. The maximum Gasteiger partial charge on any atom is 0.407 e. The van der Waals surface area contributed by atoms with Gasteiger partial charge in [0.1, 0.15) is 5.60 Å². The van der Waals surface area contributed by atoms with Crippen molar-refractivity contribution in [2.75, 3.05) is 13.1 Å². The molecule has 1 aromatic rings. The molecule has 0 aliphatic carbocycles. The number of nitrogens with one attached hydrogen (secondary N) is 1. The van der Waals surface area contributed by atoms with Gasteiger partial charge in [-0.3, -0.25) is 0 Å². The van der Waals surface area contributed by atoms with Gasteiger partial charge in [-0.25, -0.2) is 18.2 Å². The summed E-state index contributed by atoms with van der Waals surface area (Å²) in [6, 6.07) is -0.0960. The highest BCUT2D eigenvalue weighted by atomic mass is 35.5. The first kappa shape index (κ1) is 18.4. The Morgan fingerprint density at radius 1 is 1.43 bits per heavy atom. The van der Waals surface area contributed by atoms with Crippen molar-refractivity contribution in [3.8, 4) is 0 Å². The van der Waals surface area contributed by atoms with Crippen molar-refractivity contribution >= 4 is 39.1 Å². The van der Waals surface area contributed by atoms with Crippen LogP contribution in [0.1, 0.15) is 33.6 Å². The van der Waals surface area contributed by atoms with Crippen LogP contribution in [-0.4, -0.2) is 48.5 Å². The van der Waals surface area contributed by atoms with Crippen molar-refractivity contribution in [1.82, 2.24) is 14.6 Å². The molecule has 1 aliphatic rings. The van der Waals surface area contributed by atoms with E-state index in [0.29, 0.717) is 25.9 Å². The van der Waals surface area contributed by atoms with Gasteiger partial charge in [0, 0.05) is 19.1 Å². The first-order chi connectivity index (χ1) is 10.6. The van der Waals surface area contributed by atoms with E-state index in [0.717, 1.165) is 11.3 Å². The molecule has 130 valence electrons. The second-order valence-corrected chi connectivity index (χ2v) is 10.0. The van der Waals surface area contributed by atoms with Crippen molar-refractivity contribution in [2.24, 2.45) is 0 Å². The number of piperidine rings is 1. The molecule has 1 amide bonds. The summed E-state index contributed by atoms with van der Waals surface area (Å²) in [6.45, 7) is 6.04. The zero-order chi connectivity index (χ0) is 17.3. The second-order valence-electron chi connectivity index (χ2n) is 6.26. The Morgan fingerprint density at radius 2 is 2.04 bits per heavy atom. The van der Waals surface area contributed by atoms with Gasteiger partial charge in [0.15, 0.2) is 8.68 Å². The highest BCUT2D eigenvalue weighted by Gasteiger charge is 2.31. The third-order valence-corrected chi connectivity index (χ3v) is 6.68. The average molecular weight is 382 g/mol. The zero-order valence-corrected chi connectivity index (χ0v) is 15.6. The van der Waals surface area contributed by atoms with Crippen molar-refractivity contribution in [3.63, 3.8) is 0 Å². The summed E-state index contributed by atoms with van der Waals surface area (Å²) in [4.78, 5) is 15.5. The summed E-state index contributed by atoms with van der Waals surface area (Å²) < 4.78 is 31.8. The Bertz CT molecular complexity index is 661. The molecule has 1 aromatic heterocycles. The third kappa shape index (κ3) is 5.03. The van der Waals surface area contributed by atoms with E-state index in [-0.39, 0.29) is 14.7 Å². The average Bonchev–Trinajstić information content (AvgIpc) is 2.84. The van der Waals surface area contributed by atoms with Crippen LogP contribution in [0.4, 0.5) is 4.79 Å². The highest BCUT2D eigenvalue weighted by molar-refractivity contribution is 7.91. The minimum atomic E-state index is -3.56. The van der Waals surface area contributed by atoms with Crippen LogP contribution in [0.5, 0.6) is 0 Å². The Morgan fingerprint density at radius 3 is 2.52 bits per heavy atom. The molecule has 0 atom stereocenters. The van der Waals surface area contributed by atoms with Crippen LogP contribution in [0.2, 0.25) is 4.47 Å². The van der Waals surface area contributed by atoms with Gasteiger partial charge in [0.25, 0.3) is 10.0 Å². The summed E-state index contributed by atoms with van der Waals surface area (Å²) in [5, 5.41) is 2.78. The fraction of sp³-hybridized carbons (Fsp3) is 0.692. The molecule has 0 saturated carbocycles. The predicted molar refractivity (Wildman–Crippen MR) is 88.3 cm³/mol. The molecule has 7 nitrogen and oxygen atoms in total. The van der Waals surface area contributed by atoms with Crippen LogP contribution >= 0.6 is 22.9 Å². The lowest BCUT2D eigenvalue weighted by molar-refractivity contribution is 0.0489. The Hall–Kier alpha value is -0.900. The molecule has 0 spiro atoms. The molecule has 10 heteroatoms. The highest BCUT2D eigenvalue weighted by Crippen LogP contribution is 2.27. The Balaban J connectivity index is 1.90. The molecule has 0 unspecified atom stereocenters. The maximum atomic E-state index is 12.4. The van der Waals surface area contributed by atoms with Crippen LogP contribution < -0.4 is 5.32 Å². The number of amides is 1. The summed E-state index contributed by atoms with van der Waals surface area (Å²) >= 11 is 6.64. The molecule has 0 radical (unpaired) electrons. The van der Waals surface area contributed by atoms with Crippen molar-refractivity contribution in [2.45, 2.75) is 49.5 Å². The van der Waals surface area contributed by atoms with E-state index in [4.69, 9.17) is 16.3 Å². The smallest absolute Gasteiger partial charge is 0.407 e. The minimum absolute atomic E-state index is 0.0960. The van der Waals surface area contributed by atoms with E-state index in [1.165, 1.54) is 10.5 Å². The maximum absolute atomic E-state index is 12.4. The number of rotatable bonds is 3. The molecule has 1 aliphatic heterocycles. The molecular formula is C13H20ClN3O4S2. The number of aromatic nitrogens is 1. The number of thiazole rings is 1. The molecule has 1 saturated heterocycles. The number of alkyl carbamates (subject to hydrolysis) is 1. The van der Waals surface area contributed by atoms with Gasteiger partial charge in [-0.2, -0.15) is 4.31 Å². The molecule has 2 heterocycles. The predicted octanol–water partition coefficient (Wildman–Crippen LogP) is 2.47. The lowest BCUT2D eigenvalue weighted by atomic mass is 10.1. The molecule has 0 bridgehead atoms. The minimum Gasteiger partial charge on any atom is -0.444 e. The lowest BCUT2D eigenvalue weighted by Crippen LogP contribution is -2.47. The van der Waals surface area contributed by atoms with E-state index in [1.54, 1.807) is 20.8 Å². The van der Waals surface area contributed by atoms with Crippen molar-refractivity contribution < 1.29 is 17.9 Å². The third-order valence-electron chi connectivity index (χ3n) is 3.23. The van der Waals surface area contributed by atoms with Crippen LogP contribution in [0, 0.1) is 0 Å². The van der Waals surface area contributed by atoms with E-state index in [1.807, 2.05) is 0 Å². The zero-order valence-electron chi connectivity index (χ0n) is 13.2. The summed E-state index contributed by atoms with van der Waals surface area (Å²) in [5.41, 5.74) is -0.556. The second kappa shape index (κ2) is 6.92. The molecule has 1 fully saturated rings. The topological polar surface area (TPSA) is 88.6 Å². The SMILES string of the molecule is CC(C)(C)OC(=O)NC1CCN(S(=O)(=O)c2cnc(Cl)s2)CC1. The number of hydrogen-bond acceptors (Lipinski definition) is 6. The Labute approximate surface area is 145 Å². The van der Waals surface area contributed by atoms with E-state index in [2.05, 4.69) is 10.3 Å².